The quantitative estimate of drug-likeness (QED) is 0.391. The number of aromatic nitrogens is 4. The Labute approximate surface area is 187 Å². The molecule has 3 heterocycles. The minimum atomic E-state index is -0.321. The Bertz CT molecular complexity index is 1490. The van der Waals surface area contributed by atoms with Gasteiger partial charge in [-0.15, -0.1) is 0 Å². The molecule has 0 aliphatic carbocycles. The van der Waals surface area contributed by atoms with Crippen molar-refractivity contribution in [2.45, 2.75) is 13.2 Å². The fourth-order valence-electron chi connectivity index (χ4n) is 3.82. The van der Waals surface area contributed by atoms with Gasteiger partial charge in [0.25, 0.3) is 5.56 Å². The fourth-order valence-corrected chi connectivity index (χ4v) is 3.94. The van der Waals surface area contributed by atoms with Crippen LogP contribution in [0.3, 0.4) is 0 Å². The van der Waals surface area contributed by atoms with E-state index in [2.05, 4.69) is 10.1 Å². The van der Waals surface area contributed by atoms with Gasteiger partial charge in [0.1, 0.15) is 5.82 Å². The van der Waals surface area contributed by atoms with Crippen molar-refractivity contribution in [2.75, 3.05) is 7.11 Å². The maximum Gasteiger partial charge on any atom is 0.261 e. The molecule has 0 fully saturated rings. The molecule has 0 bridgehead atoms. The van der Waals surface area contributed by atoms with Crippen molar-refractivity contribution in [3.8, 4) is 11.1 Å². The van der Waals surface area contributed by atoms with E-state index in [0.717, 1.165) is 16.7 Å². The van der Waals surface area contributed by atoms with Gasteiger partial charge >= 0.3 is 0 Å². The predicted molar refractivity (Wildman–Crippen MR) is 121 cm³/mol. The summed E-state index contributed by atoms with van der Waals surface area (Å²) < 4.78 is 22.0. The largest absolute Gasteiger partial charge is 0.378 e. The second kappa shape index (κ2) is 8.18. The summed E-state index contributed by atoms with van der Waals surface area (Å²) in [5.74, 6) is -0.321. The summed E-state index contributed by atoms with van der Waals surface area (Å²) in [6.07, 6.45) is 3.31. The van der Waals surface area contributed by atoms with Crippen molar-refractivity contribution in [3.05, 3.63) is 99.4 Å². The molecule has 0 radical (unpaired) electrons. The van der Waals surface area contributed by atoms with E-state index in [4.69, 9.17) is 16.3 Å². The summed E-state index contributed by atoms with van der Waals surface area (Å²) in [7, 11) is 1.58. The normalized spacial score (nSPS) is 11.5. The number of methoxy groups -OCH3 is 1. The Hall–Kier alpha value is -3.55. The minimum Gasteiger partial charge on any atom is -0.378 e. The lowest BCUT2D eigenvalue weighted by Crippen LogP contribution is -2.21. The van der Waals surface area contributed by atoms with E-state index >= 15 is 0 Å². The van der Waals surface area contributed by atoms with E-state index in [1.165, 1.54) is 12.1 Å². The average molecular weight is 449 g/mol. The van der Waals surface area contributed by atoms with Crippen LogP contribution in [0.4, 0.5) is 4.39 Å². The third-order valence-electron chi connectivity index (χ3n) is 5.34. The van der Waals surface area contributed by atoms with Crippen molar-refractivity contribution in [1.29, 1.82) is 0 Å². The molecule has 3 aromatic heterocycles. The second-order valence-electron chi connectivity index (χ2n) is 7.43. The third-order valence-corrected chi connectivity index (χ3v) is 5.59. The van der Waals surface area contributed by atoms with Gasteiger partial charge in [-0.1, -0.05) is 35.9 Å². The van der Waals surface area contributed by atoms with Gasteiger partial charge in [-0.05, 0) is 41.5 Å². The molecule has 5 aromatic rings. The highest BCUT2D eigenvalue weighted by molar-refractivity contribution is 6.30. The van der Waals surface area contributed by atoms with E-state index in [1.54, 1.807) is 52.9 Å². The Morgan fingerprint density at radius 2 is 1.81 bits per heavy atom. The first-order valence-corrected chi connectivity index (χ1v) is 10.3. The lowest BCUT2D eigenvalue weighted by atomic mass is 10.1. The van der Waals surface area contributed by atoms with E-state index in [0.29, 0.717) is 33.8 Å². The number of pyridine rings is 1. The van der Waals surface area contributed by atoms with Gasteiger partial charge in [0, 0.05) is 24.5 Å². The van der Waals surface area contributed by atoms with Crippen LogP contribution in [0.25, 0.3) is 27.7 Å². The zero-order chi connectivity index (χ0) is 22.2. The van der Waals surface area contributed by atoms with Gasteiger partial charge < -0.3 is 9.30 Å². The van der Waals surface area contributed by atoms with Gasteiger partial charge in [0.05, 0.1) is 35.3 Å². The lowest BCUT2D eigenvalue weighted by molar-refractivity contribution is 0.181. The Morgan fingerprint density at radius 3 is 2.53 bits per heavy atom. The van der Waals surface area contributed by atoms with Gasteiger partial charge in [-0.2, -0.15) is 5.10 Å². The average Bonchev–Trinajstić information content (AvgIpc) is 3.16. The van der Waals surface area contributed by atoms with Crippen LogP contribution in [-0.2, 0) is 17.9 Å². The number of ether oxygens (including phenoxy) is 1. The number of nitrogens with zero attached hydrogens (tertiary/aromatic N) is 4. The maximum atomic E-state index is 13.5. The first kappa shape index (κ1) is 20.4. The number of halogens is 2. The predicted octanol–water partition coefficient (Wildman–Crippen LogP) is 4.70. The first-order valence-electron chi connectivity index (χ1n) is 9.94. The van der Waals surface area contributed by atoms with Crippen LogP contribution in [-0.4, -0.2) is 26.3 Å². The molecule has 0 unspecified atom stereocenters. The molecular weight excluding hydrogens is 431 g/mol. The molecule has 8 heteroatoms. The van der Waals surface area contributed by atoms with Crippen molar-refractivity contribution >= 4 is 28.2 Å². The number of rotatable bonds is 5. The SMILES string of the molecule is COCc1nn2c(ncc3c(=O)n(Cc4ccc(Cl)cc4)ccc32)c1-c1ccc(F)cc1. The van der Waals surface area contributed by atoms with Gasteiger partial charge in [-0.3, -0.25) is 4.79 Å². The maximum absolute atomic E-state index is 13.5. The van der Waals surface area contributed by atoms with Crippen molar-refractivity contribution < 1.29 is 9.13 Å². The van der Waals surface area contributed by atoms with Crippen LogP contribution in [0.1, 0.15) is 11.3 Å². The van der Waals surface area contributed by atoms with Gasteiger partial charge in [0.15, 0.2) is 5.65 Å². The summed E-state index contributed by atoms with van der Waals surface area (Å²) in [4.78, 5) is 17.7. The number of hydrogen-bond acceptors (Lipinski definition) is 4. The first-order chi connectivity index (χ1) is 15.5. The van der Waals surface area contributed by atoms with Crippen LogP contribution in [0, 0.1) is 5.82 Å². The topological polar surface area (TPSA) is 61.4 Å². The van der Waals surface area contributed by atoms with Crippen molar-refractivity contribution in [3.63, 3.8) is 0 Å². The molecule has 6 nitrogen and oxygen atoms in total. The number of benzene rings is 2. The molecule has 0 atom stereocenters. The molecule has 2 aromatic carbocycles. The Morgan fingerprint density at radius 1 is 1.06 bits per heavy atom. The number of hydrogen-bond donors (Lipinski definition) is 0. The molecule has 5 rings (SSSR count). The minimum absolute atomic E-state index is 0.168. The van der Waals surface area contributed by atoms with Gasteiger partial charge in [0.2, 0.25) is 0 Å². The molecule has 0 aliphatic heterocycles. The highest BCUT2D eigenvalue weighted by Gasteiger charge is 2.18. The molecule has 32 heavy (non-hydrogen) atoms. The molecule has 0 spiro atoms. The summed E-state index contributed by atoms with van der Waals surface area (Å²) >= 11 is 5.95. The summed E-state index contributed by atoms with van der Waals surface area (Å²) in [6.45, 7) is 0.671. The van der Waals surface area contributed by atoms with Crippen LogP contribution in [0.15, 0.2) is 71.8 Å². The molecule has 0 N–H and O–H groups in total. The third kappa shape index (κ3) is 3.55. The summed E-state index contributed by atoms with van der Waals surface area (Å²) in [6, 6.07) is 15.4. The molecule has 0 saturated carbocycles. The molecule has 0 saturated heterocycles. The van der Waals surface area contributed by atoms with Crippen molar-refractivity contribution in [2.24, 2.45) is 0 Å². The van der Waals surface area contributed by atoms with Crippen LogP contribution in [0.2, 0.25) is 5.02 Å². The summed E-state index contributed by atoms with van der Waals surface area (Å²) in [5, 5.41) is 5.76. The standard InChI is InChI=1S/C24H18ClFN4O2/c1-32-14-20-22(16-4-8-18(26)9-5-16)23-27-12-19-21(30(23)28-20)10-11-29(24(19)31)13-15-2-6-17(25)7-3-15/h2-12H,13-14H2,1H3. The molecule has 0 amide bonds. The van der Waals surface area contributed by atoms with Crippen LogP contribution in [0.5, 0.6) is 0 Å². The molecule has 0 aliphatic rings. The van der Waals surface area contributed by atoms with Crippen LogP contribution >= 0.6 is 11.6 Å². The zero-order valence-corrected chi connectivity index (χ0v) is 17.9. The molecule has 160 valence electrons. The molecular formula is C24H18ClFN4O2. The second-order valence-corrected chi connectivity index (χ2v) is 7.87. The van der Waals surface area contributed by atoms with E-state index in [9.17, 15) is 9.18 Å². The lowest BCUT2D eigenvalue weighted by Gasteiger charge is -2.08. The van der Waals surface area contributed by atoms with E-state index < -0.39 is 0 Å². The van der Waals surface area contributed by atoms with Crippen LogP contribution < -0.4 is 5.56 Å². The Balaban J connectivity index is 1.67. The van der Waals surface area contributed by atoms with E-state index in [1.807, 2.05) is 18.2 Å². The zero-order valence-electron chi connectivity index (χ0n) is 17.1. The summed E-state index contributed by atoms with van der Waals surface area (Å²) in [5.41, 5.74) is 4.19. The smallest absolute Gasteiger partial charge is 0.261 e. The van der Waals surface area contributed by atoms with E-state index in [-0.39, 0.29) is 18.0 Å². The fraction of sp³-hybridized carbons (Fsp3) is 0.125. The Kier molecular flexibility index (Phi) is 5.20. The highest BCUT2D eigenvalue weighted by Crippen LogP contribution is 2.29. The van der Waals surface area contributed by atoms with Gasteiger partial charge in [-0.25, -0.2) is 13.9 Å². The monoisotopic (exact) mass is 448 g/mol. The van der Waals surface area contributed by atoms with Crippen molar-refractivity contribution in [1.82, 2.24) is 19.2 Å². The number of fused-ring (bicyclic) bond motifs is 3. The highest BCUT2D eigenvalue weighted by atomic mass is 35.5.